The lowest BCUT2D eigenvalue weighted by molar-refractivity contribution is -0.116. The summed E-state index contributed by atoms with van der Waals surface area (Å²) in [6.45, 7) is 14.3. The minimum Gasteiger partial charge on any atom is -0.326 e. The number of hydrogen-bond donors (Lipinski definition) is 2. The van der Waals surface area contributed by atoms with E-state index in [1.807, 2.05) is 22.8 Å². The van der Waals surface area contributed by atoms with E-state index in [2.05, 4.69) is 55.9 Å². The normalized spacial score (nSPS) is 11.6. The largest absolute Gasteiger partial charge is 0.330 e. The Kier molecular flexibility index (Phi) is 9.64. The fourth-order valence-corrected chi connectivity index (χ4v) is 4.40. The van der Waals surface area contributed by atoms with Crippen LogP contribution in [-0.4, -0.2) is 43.0 Å². The molecule has 0 aliphatic rings. The van der Waals surface area contributed by atoms with E-state index in [9.17, 15) is 14.4 Å². The van der Waals surface area contributed by atoms with Gasteiger partial charge in [-0.2, -0.15) is 0 Å². The number of amides is 1. The lowest BCUT2D eigenvalue weighted by Crippen LogP contribution is -2.31. The second-order valence-corrected chi connectivity index (χ2v) is 9.68. The number of carbonyl (C=O) groups excluding carboxylic acids is 1. The average molecular weight is 497 g/mol. The molecular formula is C27H40N6O3. The van der Waals surface area contributed by atoms with Gasteiger partial charge in [0.2, 0.25) is 5.91 Å². The van der Waals surface area contributed by atoms with Gasteiger partial charge >= 0.3 is 5.69 Å². The van der Waals surface area contributed by atoms with Gasteiger partial charge in [-0.25, -0.2) is 9.78 Å². The Hall–Kier alpha value is -3.20. The molecule has 2 aromatic heterocycles. The van der Waals surface area contributed by atoms with Gasteiger partial charge in [0.15, 0.2) is 11.2 Å². The van der Waals surface area contributed by atoms with Gasteiger partial charge in [-0.05, 0) is 43.1 Å². The highest BCUT2D eigenvalue weighted by Gasteiger charge is 2.20. The third kappa shape index (κ3) is 6.72. The number of H-pyrrole nitrogens is 1. The maximum absolute atomic E-state index is 12.8. The zero-order chi connectivity index (χ0) is 26.2. The van der Waals surface area contributed by atoms with E-state index in [0.29, 0.717) is 36.5 Å². The first-order chi connectivity index (χ1) is 17.3. The minimum atomic E-state index is -0.441. The molecule has 0 bridgehead atoms. The van der Waals surface area contributed by atoms with Gasteiger partial charge in [-0.15, -0.1) is 0 Å². The van der Waals surface area contributed by atoms with Crippen LogP contribution in [0, 0.1) is 5.92 Å². The number of benzene rings is 1. The average Bonchev–Trinajstić information content (AvgIpc) is 3.19. The van der Waals surface area contributed by atoms with Crippen LogP contribution in [0.5, 0.6) is 0 Å². The molecule has 3 rings (SSSR count). The molecule has 0 saturated carbocycles. The molecule has 0 fully saturated rings. The van der Waals surface area contributed by atoms with Crippen molar-refractivity contribution in [3.8, 4) is 0 Å². The van der Waals surface area contributed by atoms with Crippen LogP contribution in [0.4, 0.5) is 5.69 Å². The van der Waals surface area contributed by atoms with Gasteiger partial charge in [-0.1, -0.05) is 53.2 Å². The summed E-state index contributed by atoms with van der Waals surface area (Å²) in [4.78, 5) is 47.6. The molecule has 2 N–H and O–H groups in total. The number of fused-ring (bicyclic) bond motifs is 1. The van der Waals surface area contributed by atoms with Crippen LogP contribution in [0.15, 0.2) is 33.9 Å². The first kappa shape index (κ1) is 27.4. The number of nitrogens with zero attached hydrogens (tertiary/aromatic N) is 4. The van der Waals surface area contributed by atoms with Crippen molar-refractivity contribution >= 4 is 22.8 Å². The van der Waals surface area contributed by atoms with E-state index in [1.165, 1.54) is 0 Å². The molecule has 0 aliphatic heterocycles. The molecule has 0 atom stereocenters. The van der Waals surface area contributed by atoms with E-state index < -0.39 is 11.2 Å². The molecule has 0 saturated heterocycles. The maximum Gasteiger partial charge on any atom is 0.330 e. The van der Waals surface area contributed by atoms with Gasteiger partial charge in [0, 0.05) is 38.2 Å². The Bertz CT molecular complexity index is 1280. The van der Waals surface area contributed by atoms with Gasteiger partial charge in [-0.3, -0.25) is 24.0 Å². The van der Waals surface area contributed by atoms with E-state index in [0.717, 1.165) is 43.7 Å². The predicted molar refractivity (Wildman–Crippen MR) is 144 cm³/mol. The smallest absolute Gasteiger partial charge is 0.326 e. The van der Waals surface area contributed by atoms with E-state index in [-0.39, 0.29) is 18.2 Å². The van der Waals surface area contributed by atoms with Crippen molar-refractivity contribution in [2.45, 2.75) is 79.9 Å². The summed E-state index contributed by atoms with van der Waals surface area (Å²) in [7, 11) is 0. The first-order valence-electron chi connectivity index (χ1n) is 13.1. The van der Waals surface area contributed by atoms with Crippen LogP contribution in [0.25, 0.3) is 11.2 Å². The monoisotopic (exact) mass is 496 g/mol. The summed E-state index contributed by atoms with van der Waals surface area (Å²) < 4.78 is 3.42. The van der Waals surface area contributed by atoms with Crippen molar-refractivity contribution in [3.05, 3.63) is 56.5 Å². The van der Waals surface area contributed by atoms with E-state index >= 15 is 0 Å². The number of unbranched alkanes of at least 4 members (excludes halogenated alkanes) is 1. The fraction of sp³-hybridized carbons (Fsp3) is 0.556. The molecule has 1 aromatic carbocycles. The fourth-order valence-electron chi connectivity index (χ4n) is 4.40. The lowest BCUT2D eigenvalue weighted by Gasteiger charge is -2.18. The summed E-state index contributed by atoms with van der Waals surface area (Å²) in [5.74, 6) is 0.792. The summed E-state index contributed by atoms with van der Waals surface area (Å²) >= 11 is 0. The Morgan fingerprint density at radius 2 is 1.89 bits per heavy atom. The van der Waals surface area contributed by atoms with Crippen LogP contribution in [-0.2, 0) is 30.8 Å². The number of aryl methyl sites for hydroxylation is 2. The van der Waals surface area contributed by atoms with Crippen LogP contribution < -0.4 is 16.6 Å². The Balaban J connectivity index is 1.82. The van der Waals surface area contributed by atoms with E-state index in [1.54, 1.807) is 4.57 Å². The topological polar surface area (TPSA) is 105 Å². The molecule has 1 amide bonds. The molecule has 3 aromatic rings. The third-order valence-corrected chi connectivity index (χ3v) is 6.33. The summed E-state index contributed by atoms with van der Waals surface area (Å²) in [5, 5.41) is 3.00. The van der Waals surface area contributed by atoms with Gasteiger partial charge in [0.1, 0.15) is 5.82 Å². The third-order valence-electron chi connectivity index (χ3n) is 6.33. The van der Waals surface area contributed by atoms with Gasteiger partial charge in [0.05, 0.1) is 0 Å². The number of carbonyl (C=O) groups is 1. The second-order valence-electron chi connectivity index (χ2n) is 9.68. The van der Waals surface area contributed by atoms with Gasteiger partial charge < -0.3 is 9.88 Å². The maximum atomic E-state index is 12.8. The number of imidazole rings is 1. The molecule has 0 spiro atoms. The Morgan fingerprint density at radius 1 is 1.14 bits per heavy atom. The lowest BCUT2D eigenvalue weighted by atomic mass is 10.1. The zero-order valence-corrected chi connectivity index (χ0v) is 22.3. The SMILES string of the molecule is CCCCn1c(=O)[nH]c(=O)c2c1nc(CCC(=O)Nc1cccc(CN(CC)CC)c1)n2CC(C)C. The molecule has 0 unspecified atom stereocenters. The quantitative estimate of drug-likeness (QED) is 0.375. The number of aromatic nitrogens is 4. The molecule has 36 heavy (non-hydrogen) atoms. The summed E-state index contributed by atoms with van der Waals surface area (Å²) in [6, 6.07) is 7.93. The standard InChI is InChI=1S/C27H40N6O3/c1-6-9-15-32-25-24(26(35)30-27(32)36)33(17-19(4)5)22(29-25)13-14-23(34)28-21-12-10-11-20(16-21)18-31(7-2)8-3/h10-12,16,19H,6-9,13-15,17-18H2,1-5H3,(H,28,34)(H,30,35,36). The highest BCUT2D eigenvalue weighted by atomic mass is 16.2. The molecule has 9 nitrogen and oxygen atoms in total. The van der Waals surface area contributed by atoms with E-state index in [4.69, 9.17) is 4.98 Å². The number of aromatic amines is 1. The van der Waals surface area contributed by atoms with Crippen molar-refractivity contribution in [2.24, 2.45) is 5.92 Å². The minimum absolute atomic E-state index is 0.115. The molecule has 0 radical (unpaired) electrons. The molecule has 196 valence electrons. The summed E-state index contributed by atoms with van der Waals surface area (Å²) in [6.07, 6.45) is 2.32. The van der Waals surface area contributed by atoms with Crippen LogP contribution >= 0.6 is 0 Å². The number of nitrogens with one attached hydrogen (secondary N) is 2. The van der Waals surface area contributed by atoms with Gasteiger partial charge in [0.25, 0.3) is 5.56 Å². The number of hydrogen-bond acceptors (Lipinski definition) is 5. The first-order valence-corrected chi connectivity index (χ1v) is 13.1. The highest BCUT2D eigenvalue weighted by Crippen LogP contribution is 2.17. The van der Waals surface area contributed by atoms with Crippen molar-refractivity contribution in [1.82, 2.24) is 24.0 Å². The molecular weight excluding hydrogens is 456 g/mol. The summed E-state index contributed by atoms with van der Waals surface area (Å²) in [5.41, 5.74) is 1.85. The van der Waals surface area contributed by atoms with Crippen LogP contribution in [0.1, 0.15) is 65.3 Å². The number of rotatable bonds is 13. The second kappa shape index (κ2) is 12.7. The van der Waals surface area contributed by atoms with Crippen molar-refractivity contribution in [1.29, 1.82) is 0 Å². The molecule has 9 heteroatoms. The zero-order valence-electron chi connectivity index (χ0n) is 22.3. The number of anilines is 1. The molecule has 0 aliphatic carbocycles. The van der Waals surface area contributed by atoms with Crippen LogP contribution in [0.3, 0.4) is 0 Å². The Morgan fingerprint density at radius 3 is 2.56 bits per heavy atom. The molecule has 2 heterocycles. The van der Waals surface area contributed by atoms with Crippen molar-refractivity contribution in [2.75, 3.05) is 18.4 Å². The van der Waals surface area contributed by atoms with Crippen LogP contribution in [0.2, 0.25) is 0 Å². The Labute approximate surface area is 212 Å². The van der Waals surface area contributed by atoms with Crippen molar-refractivity contribution in [3.63, 3.8) is 0 Å². The predicted octanol–water partition coefficient (Wildman–Crippen LogP) is 3.76. The highest BCUT2D eigenvalue weighted by molar-refractivity contribution is 5.90. The van der Waals surface area contributed by atoms with Crippen molar-refractivity contribution < 1.29 is 4.79 Å².